The molecule has 0 saturated heterocycles. The third-order valence-corrected chi connectivity index (χ3v) is 2.45. The van der Waals surface area contributed by atoms with Crippen molar-refractivity contribution >= 4 is 18.4 Å². The number of hydrogen-bond acceptors (Lipinski definition) is 5. The number of rotatable bonds is 3. The van der Waals surface area contributed by atoms with E-state index in [9.17, 15) is 13.6 Å². The van der Waals surface area contributed by atoms with Gasteiger partial charge in [0.1, 0.15) is 6.04 Å². The van der Waals surface area contributed by atoms with Gasteiger partial charge in [0.15, 0.2) is 11.5 Å². The molecule has 0 bridgehead atoms. The summed E-state index contributed by atoms with van der Waals surface area (Å²) in [4.78, 5) is 11.2. The van der Waals surface area contributed by atoms with Crippen LogP contribution in [0.1, 0.15) is 5.56 Å². The van der Waals surface area contributed by atoms with Gasteiger partial charge in [-0.1, -0.05) is 12.1 Å². The maximum absolute atomic E-state index is 12.9. The highest BCUT2D eigenvalue weighted by Gasteiger charge is 2.44. The molecule has 0 aliphatic carbocycles. The van der Waals surface area contributed by atoms with Crippen LogP contribution in [0.4, 0.5) is 8.78 Å². The zero-order chi connectivity index (χ0) is 13.3. The lowest BCUT2D eigenvalue weighted by Crippen LogP contribution is -2.33. The van der Waals surface area contributed by atoms with E-state index in [1.54, 1.807) is 0 Å². The van der Waals surface area contributed by atoms with Gasteiger partial charge in [0, 0.05) is 12.0 Å². The summed E-state index contributed by atoms with van der Waals surface area (Å²) in [5, 5.41) is 0. The fourth-order valence-corrected chi connectivity index (χ4v) is 1.66. The van der Waals surface area contributed by atoms with Gasteiger partial charge in [-0.05, 0) is 6.07 Å². The molecule has 2 rings (SSSR count). The van der Waals surface area contributed by atoms with E-state index in [0.717, 1.165) is 0 Å². The molecule has 5 nitrogen and oxygen atoms in total. The number of esters is 1. The molecule has 1 aromatic rings. The van der Waals surface area contributed by atoms with Gasteiger partial charge in [0.2, 0.25) is 0 Å². The van der Waals surface area contributed by atoms with Crippen LogP contribution in [-0.2, 0) is 16.0 Å². The lowest BCUT2D eigenvalue weighted by Gasteiger charge is -2.11. The minimum absolute atomic E-state index is 0. The summed E-state index contributed by atoms with van der Waals surface area (Å²) in [5.41, 5.74) is 5.93. The molecule has 106 valence electrons. The molecule has 0 spiro atoms. The van der Waals surface area contributed by atoms with Gasteiger partial charge >= 0.3 is 12.3 Å². The van der Waals surface area contributed by atoms with Gasteiger partial charge in [0.25, 0.3) is 0 Å². The maximum Gasteiger partial charge on any atom is 0.586 e. The van der Waals surface area contributed by atoms with Crippen molar-refractivity contribution in [1.82, 2.24) is 0 Å². The third-order valence-electron chi connectivity index (χ3n) is 2.45. The van der Waals surface area contributed by atoms with Crippen LogP contribution >= 0.6 is 12.4 Å². The first kappa shape index (κ1) is 15.5. The van der Waals surface area contributed by atoms with Crippen LogP contribution in [0.5, 0.6) is 11.5 Å². The molecule has 1 heterocycles. The Hall–Kier alpha value is -1.60. The Balaban J connectivity index is 0.00000180. The average Bonchev–Trinajstić information content (AvgIpc) is 2.63. The Bertz CT molecular complexity index is 484. The molecule has 19 heavy (non-hydrogen) atoms. The summed E-state index contributed by atoms with van der Waals surface area (Å²) < 4.78 is 39.0. The predicted octanol–water partition coefficient (Wildman–Crippen LogP) is 1.47. The van der Waals surface area contributed by atoms with Gasteiger partial charge < -0.3 is 19.9 Å². The highest BCUT2D eigenvalue weighted by Crippen LogP contribution is 2.43. The topological polar surface area (TPSA) is 70.8 Å². The van der Waals surface area contributed by atoms with Gasteiger partial charge in [-0.2, -0.15) is 0 Å². The first-order chi connectivity index (χ1) is 8.43. The lowest BCUT2D eigenvalue weighted by molar-refractivity contribution is -0.286. The van der Waals surface area contributed by atoms with Crippen molar-refractivity contribution in [2.24, 2.45) is 5.73 Å². The van der Waals surface area contributed by atoms with Crippen LogP contribution in [0.3, 0.4) is 0 Å². The number of ether oxygens (including phenoxy) is 3. The van der Waals surface area contributed by atoms with Crippen LogP contribution in [-0.4, -0.2) is 25.4 Å². The second kappa shape index (κ2) is 5.58. The smallest absolute Gasteiger partial charge is 0.468 e. The fraction of sp³-hybridized carbons (Fsp3) is 0.364. The summed E-state index contributed by atoms with van der Waals surface area (Å²) in [6, 6.07) is 3.46. The average molecular weight is 296 g/mol. The van der Waals surface area contributed by atoms with Crippen molar-refractivity contribution in [2.75, 3.05) is 7.11 Å². The molecule has 0 amide bonds. The van der Waals surface area contributed by atoms with Crippen molar-refractivity contribution in [3.8, 4) is 11.5 Å². The maximum atomic E-state index is 12.9. The molecular weight excluding hydrogens is 284 g/mol. The monoisotopic (exact) mass is 295 g/mol. The number of fused-ring (bicyclic) bond motifs is 1. The van der Waals surface area contributed by atoms with E-state index in [1.165, 1.54) is 25.3 Å². The van der Waals surface area contributed by atoms with E-state index in [1.807, 2.05) is 0 Å². The minimum atomic E-state index is -3.69. The molecule has 1 atom stereocenters. The number of benzene rings is 1. The molecule has 1 aliphatic rings. The van der Waals surface area contributed by atoms with E-state index in [-0.39, 0.29) is 30.3 Å². The summed E-state index contributed by atoms with van der Waals surface area (Å²) in [6.07, 6.45) is -3.66. The van der Waals surface area contributed by atoms with Crippen LogP contribution in [0.15, 0.2) is 18.2 Å². The molecule has 2 N–H and O–H groups in total. The second-order valence-electron chi connectivity index (χ2n) is 3.75. The largest absolute Gasteiger partial charge is 0.586 e. The summed E-state index contributed by atoms with van der Waals surface area (Å²) in [5.74, 6) is -0.797. The predicted molar refractivity (Wildman–Crippen MR) is 63.6 cm³/mol. The van der Waals surface area contributed by atoms with E-state index in [0.29, 0.717) is 5.56 Å². The molecule has 1 aliphatic heterocycles. The minimum Gasteiger partial charge on any atom is -0.468 e. The van der Waals surface area contributed by atoms with Gasteiger partial charge in [-0.15, -0.1) is 21.2 Å². The van der Waals surface area contributed by atoms with Crippen LogP contribution in [0.2, 0.25) is 0 Å². The molecule has 1 unspecified atom stereocenters. The van der Waals surface area contributed by atoms with Crippen molar-refractivity contribution in [1.29, 1.82) is 0 Å². The Kier molecular flexibility index (Phi) is 4.54. The second-order valence-corrected chi connectivity index (χ2v) is 3.75. The fourth-order valence-electron chi connectivity index (χ4n) is 1.66. The van der Waals surface area contributed by atoms with Crippen molar-refractivity contribution in [2.45, 2.75) is 18.8 Å². The molecule has 0 fully saturated rings. The zero-order valence-electron chi connectivity index (χ0n) is 9.89. The van der Waals surface area contributed by atoms with Gasteiger partial charge in [-0.25, -0.2) is 0 Å². The highest BCUT2D eigenvalue weighted by molar-refractivity contribution is 5.85. The number of nitrogens with two attached hydrogens (primary N) is 1. The lowest BCUT2D eigenvalue weighted by atomic mass is 10.1. The first-order valence-electron chi connectivity index (χ1n) is 5.14. The number of halogens is 3. The van der Waals surface area contributed by atoms with Crippen LogP contribution in [0.25, 0.3) is 0 Å². The van der Waals surface area contributed by atoms with Crippen molar-refractivity contribution in [3.63, 3.8) is 0 Å². The van der Waals surface area contributed by atoms with Crippen molar-refractivity contribution in [3.05, 3.63) is 23.8 Å². The summed E-state index contributed by atoms with van der Waals surface area (Å²) in [6.45, 7) is 0. The number of alkyl halides is 2. The van der Waals surface area contributed by atoms with Crippen LogP contribution < -0.4 is 15.2 Å². The number of para-hydroxylation sites is 1. The van der Waals surface area contributed by atoms with Gasteiger partial charge in [0.05, 0.1) is 7.11 Å². The standard InChI is InChI=1S/C11H11F2NO4.ClH/c1-16-10(15)7(14)5-6-3-2-4-8-9(6)18-11(12,13)17-8;/h2-4,7H,5,14H2,1H3;1H. The summed E-state index contributed by atoms with van der Waals surface area (Å²) >= 11 is 0. The first-order valence-corrected chi connectivity index (χ1v) is 5.14. The molecule has 8 heteroatoms. The molecular formula is C11H12ClF2NO4. The molecule has 0 saturated carbocycles. The Morgan fingerprint density at radius 2 is 2.16 bits per heavy atom. The van der Waals surface area contributed by atoms with E-state index >= 15 is 0 Å². The van der Waals surface area contributed by atoms with E-state index in [2.05, 4.69) is 14.2 Å². The molecule has 0 aromatic heterocycles. The Morgan fingerprint density at radius 3 is 2.79 bits per heavy atom. The van der Waals surface area contributed by atoms with Crippen LogP contribution in [0, 0.1) is 0 Å². The van der Waals surface area contributed by atoms with Gasteiger partial charge in [-0.3, -0.25) is 4.79 Å². The number of carbonyl (C=O) groups is 1. The molecule has 0 radical (unpaired) electrons. The number of methoxy groups -OCH3 is 1. The summed E-state index contributed by atoms with van der Waals surface area (Å²) in [7, 11) is 1.20. The Labute approximate surface area is 114 Å². The molecule has 1 aromatic carbocycles. The normalized spacial score (nSPS) is 16.4. The number of carbonyl (C=O) groups excluding carboxylic acids is 1. The highest BCUT2D eigenvalue weighted by atomic mass is 35.5. The zero-order valence-corrected chi connectivity index (χ0v) is 10.7. The van der Waals surface area contributed by atoms with Crippen molar-refractivity contribution < 1.29 is 27.8 Å². The Morgan fingerprint density at radius 1 is 1.47 bits per heavy atom. The van der Waals surface area contributed by atoms with E-state index in [4.69, 9.17) is 5.73 Å². The third kappa shape index (κ3) is 3.24. The quantitative estimate of drug-likeness (QED) is 0.855. The van der Waals surface area contributed by atoms with E-state index < -0.39 is 18.3 Å². The SMILES string of the molecule is COC(=O)C(N)Cc1cccc2c1OC(F)(F)O2.Cl. The number of hydrogen-bond donors (Lipinski definition) is 1.